The number of amides is 2. The molecule has 0 radical (unpaired) electrons. The molecule has 0 atom stereocenters. The van der Waals surface area contributed by atoms with Gasteiger partial charge in [0.1, 0.15) is 12.1 Å². The lowest BCUT2D eigenvalue weighted by atomic mass is 10.2. The number of nitrogens with zero attached hydrogens (tertiary/aromatic N) is 2. The molecule has 0 aliphatic carbocycles. The van der Waals surface area contributed by atoms with Crippen molar-refractivity contribution in [1.82, 2.24) is 4.98 Å². The highest BCUT2D eigenvalue weighted by molar-refractivity contribution is 9.10. The number of nitrogens with one attached hydrogen (secondary N) is 1. The number of carbonyl (C=O) groups excluding carboxylic acids is 2. The molecule has 2 heterocycles. The van der Waals surface area contributed by atoms with Gasteiger partial charge in [0, 0.05) is 10.7 Å². The number of halogens is 1. The van der Waals surface area contributed by atoms with E-state index in [-0.39, 0.29) is 24.2 Å². The van der Waals surface area contributed by atoms with Gasteiger partial charge in [0.25, 0.3) is 5.91 Å². The summed E-state index contributed by atoms with van der Waals surface area (Å²) in [5.74, 6) is 0.0309. The molecule has 1 N–H and O–H groups in total. The minimum absolute atomic E-state index is 0.158. The third kappa shape index (κ3) is 3.41. The normalized spacial score (nSPS) is 12.5. The molecule has 3 aromatic rings. The summed E-state index contributed by atoms with van der Waals surface area (Å²) in [6.07, 6.45) is 1.56. The Bertz CT molecular complexity index is 1040. The van der Waals surface area contributed by atoms with E-state index in [0.717, 1.165) is 4.47 Å². The Balaban J connectivity index is 1.67. The first-order chi connectivity index (χ1) is 13.1. The van der Waals surface area contributed by atoms with Crippen molar-refractivity contribution in [3.8, 4) is 11.6 Å². The zero-order chi connectivity index (χ0) is 18.8. The topological polar surface area (TPSA) is 71.5 Å². The number of carbonyl (C=O) groups is 2. The van der Waals surface area contributed by atoms with Crippen LogP contribution in [0.2, 0.25) is 0 Å². The van der Waals surface area contributed by atoms with E-state index in [2.05, 4.69) is 26.2 Å². The number of hydrogen-bond acceptors (Lipinski definition) is 4. The van der Waals surface area contributed by atoms with Gasteiger partial charge in [-0.25, -0.2) is 4.98 Å². The highest BCUT2D eigenvalue weighted by Gasteiger charge is 2.30. The SMILES string of the molecule is O=C(CN1C(=O)c2cccnc2Oc2ccccc21)Nc1ccccc1Br. The minimum Gasteiger partial charge on any atom is -0.436 e. The summed E-state index contributed by atoms with van der Waals surface area (Å²) >= 11 is 3.40. The molecule has 0 saturated heterocycles. The molecular weight excluding hydrogens is 410 g/mol. The van der Waals surface area contributed by atoms with Gasteiger partial charge in [-0.15, -0.1) is 0 Å². The average Bonchev–Trinajstić information content (AvgIpc) is 2.79. The van der Waals surface area contributed by atoms with Crippen LogP contribution in [0.25, 0.3) is 0 Å². The monoisotopic (exact) mass is 423 g/mol. The Kier molecular flexibility index (Phi) is 4.60. The summed E-state index contributed by atoms with van der Waals surface area (Å²) in [6, 6.07) is 17.7. The number of anilines is 2. The van der Waals surface area contributed by atoms with E-state index in [1.807, 2.05) is 18.2 Å². The molecule has 0 bridgehead atoms. The maximum absolute atomic E-state index is 13.1. The van der Waals surface area contributed by atoms with Gasteiger partial charge in [0.2, 0.25) is 11.8 Å². The third-order valence-electron chi connectivity index (χ3n) is 4.06. The number of ether oxygens (including phenoxy) is 1. The number of pyridine rings is 1. The van der Waals surface area contributed by atoms with Crippen LogP contribution in [0.4, 0.5) is 11.4 Å². The fourth-order valence-electron chi connectivity index (χ4n) is 2.81. The van der Waals surface area contributed by atoms with Crippen LogP contribution in [0.1, 0.15) is 10.4 Å². The van der Waals surface area contributed by atoms with Crippen molar-refractivity contribution in [1.29, 1.82) is 0 Å². The predicted octanol–water partition coefficient (Wildman–Crippen LogP) is 4.24. The number of hydrogen-bond donors (Lipinski definition) is 1. The third-order valence-corrected chi connectivity index (χ3v) is 4.75. The van der Waals surface area contributed by atoms with Crippen molar-refractivity contribution >= 4 is 39.1 Å². The van der Waals surface area contributed by atoms with E-state index in [1.54, 1.807) is 48.7 Å². The molecule has 6 nitrogen and oxygen atoms in total. The summed E-state index contributed by atoms with van der Waals surface area (Å²) in [5, 5.41) is 2.82. The second kappa shape index (κ2) is 7.20. The largest absolute Gasteiger partial charge is 0.436 e. The summed E-state index contributed by atoms with van der Waals surface area (Å²) in [4.78, 5) is 31.2. The molecule has 27 heavy (non-hydrogen) atoms. The van der Waals surface area contributed by atoms with E-state index in [9.17, 15) is 9.59 Å². The standard InChI is InChI=1S/C20H14BrN3O3/c21-14-7-1-2-8-15(14)23-18(25)12-24-16-9-3-4-10-17(16)27-19-13(20(24)26)6-5-11-22-19/h1-11H,12H2,(H,23,25). The number of aromatic nitrogens is 1. The molecule has 134 valence electrons. The smallest absolute Gasteiger partial charge is 0.264 e. The van der Waals surface area contributed by atoms with Crippen LogP contribution in [0.5, 0.6) is 11.6 Å². The summed E-state index contributed by atoms with van der Waals surface area (Å²) < 4.78 is 6.57. The lowest BCUT2D eigenvalue weighted by Gasteiger charge is -2.21. The average molecular weight is 424 g/mol. The molecule has 0 fully saturated rings. The maximum atomic E-state index is 13.1. The van der Waals surface area contributed by atoms with Crippen LogP contribution in [0.3, 0.4) is 0 Å². The maximum Gasteiger partial charge on any atom is 0.264 e. The number of fused-ring (bicyclic) bond motifs is 2. The lowest BCUT2D eigenvalue weighted by molar-refractivity contribution is -0.114. The van der Waals surface area contributed by atoms with Crippen molar-refractivity contribution < 1.29 is 14.3 Å². The molecule has 2 amide bonds. The van der Waals surface area contributed by atoms with Crippen LogP contribution in [-0.4, -0.2) is 23.3 Å². The van der Waals surface area contributed by atoms with Gasteiger partial charge in [0.05, 0.1) is 11.4 Å². The van der Waals surface area contributed by atoms with Crippen molar-refractivity contribution in [2.45, 2.75) is 0 Å². The zero-order valence-corrected chi connectivity index (χ0v) is 15.6. The Hall–Kier alpha value is -3.19. The highest BCUT2D eigenvalue weighted by atomic mass is 79.9. The molecule has 2 aromatic carbocycles. The van der Waals surface area contributed by atoms with Crippen LogP contribution in [0, 0.1) is 0 Å². The summed E-state index contributed by atoms with van der Waals surface area (Å²) in [5.41, 5.74) is 1.46. The Morgan fingerprint density at radius 1 is 1.07 bits per heavy atom. The molecule has 0 spiro atoms. The summed E-state index contributed by atoms with van der Waals surface area (Å²) in [6.45, 7) is -0.158. The first-order valence-corrected chi connectivity index (χ1v) is 9.01. The van der Waals surface area contributed by atoms with Crippen molar-refractivity contribution in [2.24, 2.45) is 0 Å². The predicted molar refractivity (Wildman–Crippen MR) is 105 cm³/mol. The Morgan fingerprint density at radius 3 is 2.70 bits per heavy atom. The Labute approximate surface area is 163 Å². The molecule has 1 aliphatic rings. The molecule has 4 rings (SSSR count). The quantitative estimate of drug-likeness (QED) is 0.683. The molecule has 0 unspecified atom stereocenters. The molecule has 7 heteroatoms. The molecule has 1 aromatic heterocycles. The van der Waals surface area contributed by atoms with Crippen molar-refractivity contribution in [3.05, 3.63) is 76.9 Å². The number of rotatable bonds is 3. The van der Waals surface area contributed by atoms with Crippen LogP contribution in [-0.2, 0) is 4.79 Å². The van der Waals surface area contributed by atoms with Gasteiger partial charge in [0.15, 0.2) is 5.75 Å². The first-order valence-electron chi connectivity index (χ1n) is 8.21. The lowest BCUT2D eigenvalue weighted by Crippen LogP contribution is -2.37. The van der Waals surface area contributed by atoms with Crippen LogP contribution >= 0.6 is 15.9 Å². The minimum atomic E-state index is -0.342. The zero-order valence-electron chi connectivity index (χ0n) is 14.1. The van der Waals surface area contributed by atoms with E-state index >= 15 is 0 Å². The number of para-hydroxylation sites is 3. The van der Waals surface area contributed by atoms with Crippen molar-refractivity contribution in [2.75, 3.05) is 16.8 Å². The van der Waals surface area contributed by atoms with Gasteiger partial charge in [-0.05, 0) is 52.3 Å². The molecule has 0 saturated carbocycles. The van der Waals surface area contributed by atoms with E-state index in [1.165, 1.54) is 4.90 Å². The van der Waals surface area contributed by atoms with Gasteiger partial charge in [-0.1, -0.05) is 24.3 Å². The second-order valence-corrected chi connectivity index (χ2v) is 6.70. The molecular formula is C20H14BrN3O3. The van der Waals surface area contributed by atoms with Gasteiger partial charge < -0.3 is 10.1 Å². The Morgan fingerprint density at radius 2 is 1.85 bits per heavy atom. The highest BCUT2D eigenvalue weighted by Crippen LogP contribution is 2.37. The van der Waals surface area contributed by atoms with Gasteiger partial charge >= 0.3 is 0 Å². The van der Waals surface area contributed by atoms with Gasteiger partial charge in [-0.3, -0.25) is 14.5 Å². The van der Waals surface area contributed by atoms with Crippen LogP contribution in [0.15, 0.2) is 71.3 Å². The van der Waals surface area contributed by atoms with Crippen molar-refractivity contribution in [3.63, 3.8) is 0 Å². The van der Waals surface area contributed by atoms with E-state index in [0.29, 0.717) is 22.7 Å². The fourth-order valence-corrected chi connectivity index (χ4v) is 3.20. The molecule has 1 aliphatic heterocycles. The number of benzene rings is 2. The van der Waals surface area contributed by atoms with Gasteiger partial charge in [-0.2, -0.15) is 0 Å². The fraction of sp³-hybridized carbons (Fsp3) is 0.0500. The van der Waals surface area contributed by atoms with E-state index < -0.39 is 0 Å². The van der Waals surface area contributed by atoms with Crippen LogP contribution < -0.4 is 15.0 Å². The first kappa shape index (κ1) is 17.2. The second-order valence-electron chi connectivity index (χ2n) is 5.85. The van der Waals surface area contributed by atoms with E-state index in [4.69, 9.17) is 4.74 Å². The summed E-state index contributed by atoms with van der Waals surface area (Å²) in [7, 11) is 0.